The van der Waals surface area contributed by atoms with Gasteiger partial charge in [0.25, 0.3) is 0 Å². The van der Waals surface area contributed by atoms with Gasteiger partial charge in [-0.1, -0.05) is 157 Å². The van der Waals surface area contributed by atoms with Crippen LogP contribution in [0.15, 0.2) is 170 Å². The van der Waals surface area contributed by atoms with E-state index < -0.39 is 0 Å². The van der Waals surface area contributed by atoms with Gasteiger partial charge in [0, 0.05) is 37.0 Å². The van der Waals surface area contributed by atoms with E-state index in [0.29, 0.717) is 5.92 Å². The highest BCUT2D eigenvalue weighted by molar-refractivity contribution is 7.20. The lowest BCUT2D eigenvalue weighted by Gasteiger charge is -2.16. The molecule has 0 radical (unpaired) electrons. The third-order valence-corrected chi connectivity index (χ3v) is 9.61. The minimum atomic E-state index is 0.0476. The van der Waals surface area contributed by atoms with Crippen LogP contribution >= 0.6 is 11.3 Å². The maximum atomic E-state index is 4.81. The summed E-state index contributed by atoms with van der Waals surface area (Å²) in [4.78, 5) is 6.12. The minimum Gasteiger partial charge on any atom is -0.314 e. The lowest BCUT2D eigenvalue weighted by Crippen LogP contribution is -2.17. The first kappa shape index (κ1) is 40.3. The molecule has 3 nitrogen and oxygen atoms in total. The summed E-state index contributed by atoms with van der Waals surface area (Å²) in [6, 6.07) is 34.6. The Hall–Kier alpha value is -5.51. The molecule has 4 heteroatoms. The smallest absolute Gasteiger partial charge is 0.145 e. The maximum absolute atomic E-state index is 4.81. The maximum Gasteiger partial charge on any atom is 0.145 e. The van der Waals surface area contributed by atoms with Crippen LogP contribution in [0.5, 0.6) is 0 Å². The summed E-state index contributed by atoms with van der Waals surface area (Å²) in [6.07, 6.45) is 17.7. The summed E-state index contributed by atoms with van der Waals surface area (Å²) in [6.45, 7) is 20.6. The van der Waals surface area contributed by atoms with Crippen molar-refractivity contribution in [2.45, 2.75) is 46.8 Å². The van der Waals surface area contributed by atoms with Gasteiger partial charge in [-0.05, 0) is 73.5 Å². The van der Waals surface area contributed by atoms with Gasteiger partial charge in [0.2, 0.25) is 0 Å². The molecule has 3 heterocycles. The number of thiophene rings is 1. The summed E-state index contributed by atoms with van der Waals surface area (Å²) in [5.41, 5.74) is 10.7. The van der Waals surface area contributed by atoms with Gasteiger partial charge in [0.15, 0.2) is 0 Å². The van der Waals surface area contributed by atoms with Gasteiger partial charge in [0.1, 0.15) is 6.17 Å². The van der Waals surface area contributed by atoms with Crippen molar-refractivity contribution in [1.82, 2.24) is 9.88 Å². The molecule has 4 aromatic carbocycles. The Labute approximate surface area is 321 Å². The number of benzene rings is 4. The van der Waals surface area contributed by atoms with Gasteiger partial charge in [-0.2, -0.15) is 0 Å². The van der Waals surface area contributed by atoms with E-state index in [9.17, 15) is 0 Å². The summed E-state index contributed by atoms with van der Waals surface area (Å²) in [7, 11) is 1.99. The van der Waals surface area contributed by atoms with Crippen LogP contribution in [0.4, 0.5) is 0 Å². The number of fused-ring (bicyclic) bond motifs is 6. The highest BCUT2D eigenvalue weighted by Crippen LogP contribution is 2.42. The fraction of sp³-hybridized carbons (Fsp3) is 0.184. The molecule has 0 spiro atoms. The first-order valence-electron chi connectivity index (χ1n) is 18.3. The van der Waals surface area contributed by atoms with Crippen molar-refractivity contribution in [2.75, 3.05) is 7.05 Å². The van der Waals surface area contributed by atoms with E-state index in [2.05, 4.69) is 171 Å². The monoisotopic (exact) mass is 715 g/mol. The second-order valence-electron chi connectivity index (χ2n) is 12.5. The van der Waals surface area contributed by atoms with E-state index in [1.807, 2.05) is 50.4 Å². The Morgan fingerprint density at radius 2 is 1.40 bits per heavy atom. The fourth-order valence-corrected chi connectivity index (χ4v) is 7.24. The van der Waals surface area contributed by atoms with Crippen molar-refractivity contribution in [3.05, 3.63) is 187 Å². The standard InChI is InChI=1S/C22H14N2S.C14H15N.C7H12.C4H6.C2H6/c1-13-9-10-22(23-13)24-18-7-3-2-5-14(18)16-11-17-15-6-4-8-20(15)25-21(17)12-19(16)24;1-15-14(12-8-4-2-5-9-12)13-10-6-3-7-11-13;1-4-5-6-7(2)3;1-3-4-2;1-2/h2-3,5-12,22H,1H3;2-11,14-15H,1H3;4-7H,1H2,2-3H3;3-4H,1-2H2;1-2H3/b;;6-5-;;. The Morgan fingerprint density at radius 1 is 0.774 bits per heavy atom. The molecule has 6 aromatic rings. The number of rotatable bonds is 7. The molecule has 0 saturated carbocycles. The average molecular weight is 716 g/mol. The molecule has 1 aliphatic carbocycles. The number of para-hydroxylation sites is 1. The average Bonchev–Trinajstić information content (AvgIpc) is 3.99. The molecule has 0 saturated heterocycles. The third-order valence-electron chi connectivity index (χ3n) is 8.49. The van der Waals surface area contributed by atoms with Gasteiger partial charge >= 0.3 is 0 Å². The first-order chi connectivity index (χ1) is 25.9. The topological polar surface area (TPSA) is 29.3 Å². The highest BCUT2D eigenvalue weighted by Gasteiger charge is 2.20. The molecule has 1 N–H and O–H groups in total. The van der Waals surface area contributed by atoms with Crippen molar-refractivity contribution in [1.29, 1.82) is 0 Å². The predicted molar refractivity (Wildman–Crippen MR) is 238 cm³/mol. The Morgan fingerprint density at radius 3 is 1.92 bits per heavy atom. The molecule has 0 fully saturated rings. The molecule has 0 bridgehead atoms. The van der Waals surface area contributed by atoms with Crippen molar-refractivity contribution >= 4 is 61.1 Å². The SMILES string of the molecule is C=C/C=C\C(C)C.C=CC=C.CC.CC1=NC(n2c3ccccc3c3cc4c5c(sc4cc32)C=C=C5)C=C1.CNC(c1ccccc1)c1ccccc1. The van der Waals surface area contributed by atoms with Gasteiger partial charge in [-0.25, -0.2) is 0 Å². The number of hydrogen-bond acceptors (Lipinski definition) is 3. The van der Waals surface area contributed by atoms with Crippen LogP contribution < -0.4 is 5.32 Å². The molecule has 2 aromatic heterocycles. The summed E-state index contributed by atoms with van der Waals surface area (Å²) >= 11 is 1.85. The van der Waals surface area contributed by atoms with Crippen molar-refractivity contribution in [3.63, 3.8) is 0 Å². The fourth-order valence-electron chi connectivity index (χ4n) is 6.15. The molecule has 1 unspecified atom stereocenters. The van der Waals surface area contributed by atoms with Crippen molar-refractivity contribution in [2.24, 2.45) is 10.9 Å². The molecular formula is C49H53N3S. The van der Waals surface area contributed by atoms with Gasteiger partial charge < -0.3 is 9.88 Å². The van der Waals surface area contributed by atoms with Crippen LogP contribution in [0, 0.1) is 5.92 Å². The lowest BCUT2D eigenvalue weighted by molar-refractivity contribution is 0.690. The first-order valence-corrected chi connectivity index (χ1v) is 19.2. The summed E-state index contributed by atoms with van der Waals surface area (Å²) in [5, 5.41) is 7.26. The molecule has 8 rings (SSSR count). The predicted octanol–water partition coefficient (Wildman–Crippen LogP) is 13.9. The van der Waals surface area contributed by atoms with Crippen LogP contribution in [0.1, 0.15) is 68.4 Å². The molecule has 53 heavy (non-hydrogen) atoms. The zero-order chi connectivity index (χ0) is 38.2. The molecule has 1 aliphatic heterocycles. The van der Waals surface area contributed by atoms with Crippen LogP contribution in [0.25, 0.3) is 44.0 Å². The van der Waals surface area contributed by atoms with Gasteiger partial charge in [-0.15, -0.1) is 17.1 Å². The number of nitrogens with one attached hydrogen (secondary N) is 1. The number of hydrogen-bond donors (Lipinski definition) is 1. The largest absolute Gasteiger partial charge is 0.314 e. The molecular weight excluding hydrogens is 663 g/mol. The van der Waals surface area contributed by atoms with E-state index in [1.54, 1.807) is 18.2 Å². The van der Waals surface area contributed by atoms with Crippen molar-refractivity contribution < 1.29 is 0 Å². The normalized spacial score (nSPS) is 13.4. The number of aliphatic imine (C=N–C) groups is 1. The Balaban J connectivity index is 0.000000191. The van der Waals surface area contributed by atoms with Gasteiger partial charge in [0.05, 0.1) is 17.1 Å². The third kappa shape index (κ3) is 10.1. The summed E-state index contributed by atoms with van der Waals surface area (Å²) < 4.78 is 3.70. The second-order valence-corrected chi connectivity index (χ2v) is 13.6. The van der Waals surface area contributed by atoms with E-state index in [1.165, 1.54) is 53.5 Å². The van der Waals surface area contributed by atoms with Crippen LogP contribution in [0.2, 0.25) is 0 Å². The quantitative estimate of drug-likeness (QED) is 0.129. The highest BCUT2D eigenvalue weighted by atomic mass is 32.1. The van der Waals surface area contributed by atoms with E-state index in [0.717, 1.165) is 5.71 Å². The van der Waals surface area contributed by atoms with E-state index >= 15 is 0 Å². The molecule has 1 atom stereocenters. The van der Waals surface area contributed by atoms with E-state index in [-0.39, 0.29) is 12.2 Å². The number of nitrogens with zero attached hydrogens (tertiary/aromatic N) is 2. The van der Waals surface area contributed by atoms with Crippen molar-refractivity contribution in [3.8, 4) is 0 Å². The molecule has 270 valence electrons. The lowest BCUT2D eigenvalue weighted by atomic mass is 9.99. The van der Waals surface area contributed by atoms with Crippen LogP contribution in [-0.4, -0.2) is 17.3 Å². The molecule has 2 aliphatic rings. The Kier molecular flexibility index (Phi) is 15.6. The van der Waals surface area contributed by atoms with Crippen LogP contribution in [0.3, 0.4) is 0 Å². The molecule has 0 amide bonds. The van der Waals surface area contributed by atoms with Crippen LogP contribution in [-0.2, 0) is 0 Å². The zero-order valence-electron chi connectivity index (χ0n) is 32.1. The minimum absolute atomic E-state index is 0.0476. The van der Waals surface area contributed by atoms with Gasteiger partial charge in [-0.3, -0.25) is 4.99 Å². The number of allylic oxidation sites excluding steroid dienone is 6. The summed E-state index contributed by atoms with van der Waals surface area (Å²) in [5.74, 6) is 0.651. The number of aromatic nitrogens is 1. The Bertz CT molecular complexity index is 2220. The zero-order valence-corrected chi connectivity index (χ0v) is 32.9. The van der Waals surface area contributed by atoms with E-state index in [4.69, 9.17) is 4.99 Å². The second kappa shape index (κ2) is 20.5.